The first-order valence-corrected chi connectivity index (χ1v) is 13.5. The van der Waals surface area contributed by atoms with E-state index in [-0.39, 0.29) is 27.7 Å². The van der Waals surface area contributed by atoms with Crippen molar-refractivity contribution in [3.05, 3.63) is 132 Å². The highest BCUT2D eigenvalue weighted by atomic mass is 19.1. The van der Waals surface area contributed by atoms with E-state index < -0.39 is 60.8 Å². The zero-order valence-electron chi connectivity index (χ0n) is 22.8. The minimum Gasteiger partial charge on any atom is -0.459 e. The quantitative estimate of drug-likeness (QED) is 0.139. The number of esters is 3. The smallest absolute Gasteiger partial charge is 0.338 e. The van der Waals surface area contributed by atoms with Crippen molar-refractivity contribution in [3.63, 3.8) is 0 Å². The molecule has 0 spiro atoms. The average molecular weight is 600 g/mol. The van der Waals surface area contributed by atoms with Crippen molar-refractivity contribution in [3.8, 4) is 0 Å². The summed E-state index contributed by atoms with van der Waals surface area (Å²) in [7, 11) is 0. The number of carbonyl (C=O) groups is 3. The molecule has 6 rings (SSSR count). The second-order valence-corrected chi connectivity index (χ2v) is 9.75. The SMILES string of the molecule is O=C(OC[C@H]1O[C@@H](n2cnc3c(F)cnc(F)c32)[C@H](OC(=O)c2ccccc2)[C@@H]1OC(=O)c1ccccc1)c1ccccc1. The third-order valence-corrected chi connectivity index (χ3v) is 6.96. The monoisotopic (exact) mass is 599 g/mol. The van der Waals surface area contributed by atoms with Crippen molar-refractivity contribution in [2.75, 3.05) is 6.61 Å². The largest absolute Gasteiger partial charge is 0.459 e. The summed E-state index contributed by atoms with van der Waals surface area (Å²) >= 11 is 0. The van der Waals surface area contributed by atoms with Crippen LogP contribution in [0.4, 0.5) is 8.78 Å². The van der Waals surface area contributed by atoms with Crippen LogP contribution in [0.15, 0.2) is 104 Å². The number of carbonyl (C=O) groups excluding carboxylic acids is 3. The lowest BCUT2D eigenvalue weighted by atomic mass is 10.1. The Kier molecular flexibility index (Phi) is 8.06. The van der Waals surface area contributed by atoms with Gasteiger partial charge in [0.1, 0.15) is 23.7 Å². The van der Waals surface area contributed by atoms with Crippen LogP contribution in [0.25, 0.3) is 11.0 Å². The number of benzene rings is 3. The van der Waals surface area contributed by atoms with Crippen molar-refractivity contribution in [2.45, 2.75) is 24.5 Å². The predicted octanol–water partition coefficient (Wildman–Crippen LogP) is 4.92. The highest BCUT2D eigenvalue weighted by Crippen LogP contribution is 2.37. The van der Waals surface area contributed by atoms with Crippen LogP contribution < -0.4 is 0 Å². The van der Waals surface area contributed by atoms with Gasteiger partial charge in [-0.3, -0.25) is 4.57 Å². The number of pyridine rings is 1. The van der Waals surface area contributed by atoms with Crippen molar-refractivity contribution in [1.82, 2.24) is 14.5 Å². The standard InChI is InChI=1S/C32H23F2N3O7/c33-22-16-35-28(34)25-24(22)36-18-37(25)29-27(44-32(40)21-14-8-3-9-15-21)26(43-31(39)20-12-6-2-7-13-20)23(42-29)17-41-30(38)19-10-4-1-5-11-19/h1-16,18,23,26-27,29H,17H2/t23-,26-,27-,29-/m1/s1. The van der Waals surface area contributed by atoms with Crippen LogP contribution in [-0.2, 0) is 18.9 Å². The molecule has 4 atom stereocenters. The molecule has 1 aliphatic rings. The van der Waals surface area contributed by atoms with E-state index in [9.17, 15) is 23.2 Å². The molecule has 0 bridgehead atoms. The molecule has 2 aromatic heterocycles. The van der Waals surface area contributed by atoms with E-state index in [1.165, 1.54) is 24.3 Å². The third kappa shape index (κ3) is 5.75. The Morgan fingerprint density at radius 1 is 0.727 bits per heavy atom. The van der Waals surface area contributed by atoms with Crippen molar-refractivity contribution in [1.29, 1.82) is 0 Å². The van der Waals surface area contributed by atoms with E-state index in [0.29, 0.717) is 6.20 Å². The lowest BCUT2D eigenvalue weighted by Gasteiger charge is -2.25. The summed E-state index contributed by atoms with van der Waals surface area (Å²) in [5, 5.41) is 0. The van der Waals surface area contributed by atoms with Crippen molar-refractivity contribution < 1.29 is 42.1 Å². The Hall–Kier alpha value is -5.49. The lowest BCUT2D eigenvalue weighted by molar-refractivity contribution is -0.0606. The molecular formula is C32H23F2N3O7. The van der Waals surface area contributed by atoms with Crippen molar-refractivity contribution in [2.24, 2.45) is 0 Å². The zero-order chi connectivity index (χ0) is 30.6. The van der Waals surface area contributed by atoms with Crippen molar-refractivity contribution >= 4 is 28.9 Å². The van der Waals surface area contributed by atoms with Crippen LogP contribution in [0.3, 0.4) is 0 Å². The first-order valence-electron chi connectivity index (χ1n) is 13.5. The van der Waals surface area contributed by atoms with Gasteiger partial charge >= 0.3 is 17.9 Å². The molecule has 0 amide bonds. The molecular weight excluding hydrogens is 576 g/mol. The number of rotatable bonds is 8. The van der Waals surface area contributed by atoms with E-state index in [2.05, 4.69) is 9.97 Å². The highest BCUT2D eigenvalue weighted by Gasteiger charge is 2.52. The highest BCUT2D eigenvalue weighted by molar-refractivity contribution is 5.91. The number of ether oxygens (including phenoxy) is 4. The van der Waals surface area contributed by atoms with Crippen LogP contribution in [0.1, 0.15) is 37.3 Å². The summed E-state index contributed by atoms with van der Waals surface area (Å²) in [4.78, 5) is 46.7. The molecule has 1 aliphatic heterocycles. The van der Waals surface area contributed by atoms with Gasteiger partial charge in [0.15, 0.2) is 24.3 Å². The molecule has 0 unspecified atom stereocenters. The van der Waals surface area contributed by atoms with E-state index in [4.69, 9.17) is 18.9 Å². The Morgan fingerprint density at radius 3 is 1.82 bits per heavy atom. The van der Waals surface area contributed by atoms with Crippen LogP contribution in [0.5, 0.6) is 0 Å². The van der Waals surface area contributed by atoms with Gasteiger partial charge in [-0.15, -0.1) is 0 Å². The molecule has 10 nitrogen and oxygen atoms in total. The molecule has 1 fully saturated rings. The van der Waals surface area contributed by atoms with E-state index in [0.717, 1.165) is 10.9 Å². The molecule has 0 N–H and O–H groups in total. The molecule has 222 valence electrons. The number of hydrogen-bond acceptors (Lipinski definition) is 9. The maximum absolute atomic E-state index is 15.0. The van der Waals surface area contributed by atoms with Gasteiger partial charge in [0, 0.05) is 0 Å². The van der Waals surface area contributed by atoms with Crippen LogP contribution in [-0.4, -0.2) is 57.4 Å². The fourth-order valence-corrected chi connectivity index (χ4v) is 4.85. The molecule has 5 aromatic rings. The summed E-state index contributed by atoms with van der Waals surface area (Å²) in [5.74, 6) is -4.23. The number of imidazole rings is 1. The number of aromatic nitrogens is 3. The number of halogens is 2. The topological polar surface area (TPSA) is 119 Å². The maximum Gasteiger partial charge on any atom is 0.338 e. The second-order valence-electron chi connectivity index (χ2n) is 9.75. The minimum atomic E-state index is -1.43. The van der Waals surface area contributed by atoms with Crippen LogP contribution >= 0.6 is 0 Å². The molecule has 3 heterocycles. The Bertz CT molecular complexity index is 1800. The minimum absolute atomic E-state index is 0.174. The Balaban J connectivity index is 1.39. The number of fused-ring (bicyclic) bond motifs is 1. The molecule has 0 radical (unpaired) electrons. The summed E-state index contributed by atoms with van der Waals surface area (Å²) in [6.07, 6.45) is -3.63. The predicted molar refractivity (Wildman–Crippen MR) is 149 cm³/mol. The van der Waals surface area contributed by atoms with Gasteiger partial charge < -0.3 is 18.9 Å². The molecule has 0 aliphatic carbocycles. The van der Waals surface area contributed by atoms with Crippen LogP contribution in [0.2, 0.25) is 0 Å². The van der Waals surface area contributed by atoms with Crippen LogP contribution in [0, 0.1) is 11.8 Å². The molecule has 1 saturated heterocycles. The second kappa shape index (κ2) is 12.4. The average Bonchev–Trinajstić information content (AvgIpc) is 3.65. The van der Waals surface area contributed by atoms with Gasteiger partial charge in [-0.05, 0) is 36.4 Å². The third-order valence-electron chi connectivity index (χ3n) is 6.96. The fraction of sp³-hybridized carbons (Fsp3) is 0.156. The van der Waals surface area contributed by atoms with E-state index in [1.807, 2.05) is 0 Å². The summed E-state index contributed by atoms with van der Waals surface area (Å²) < 4.78 is 54.0. The van der Waals surface area contributed by atoms with E-state index >= 15 is 0 Å². The lowest BCUT2D eigenvalue weighted by Crippen LogP contribution is -2.41. The van der Waals surface area contributed by atoms with Gasteiger partial charge in [-0.1, -0.05) is 54.6 Å². The summed E-state index contributed by atoms with van der Waals surface area (Å²) in [6, 6.07) is 24.2. The van der Waals surface area contributed by atoms with Gasteiger partial charge in [-0.2, -0.15) is 4.39 Å². The fourth-order valence-electron chi connectivity index (χ4n) is 4.85. The van der Waals surface area contributed by atoms with Gasteiger partial charge in [0.05, 0.1) is 29.2 Å². The summed E-state index contributed by atoms with van der Waals surface area (Å²) in [6.45, 7) is -0.446. The van der Waals surface area contributed by atoms with Gasteiger partial charge in [0.25, 0.3) is 0 Å². The molecule has 44 heavy (non-hydrogen) atoms. The Labute approximate surface area is 248 Å². The summed E-state index contributed by atoms with van der Waals surface area (Å²) in [5.41, 5.74) is -0.0877. The van der Waals surface area contributed by atoms with Gasteiger partial charge in [0.2, 0.25) is 5.95 Å². The molecule has 0 saturated carbocycles. The number of hydrogen-bond donors (Lipinski definition) is 0. The molecule has 12 heteroatoms. The van der Waals surface area contributed by atoms with Gasteiger partial charge in [-0.25, -0.2) is 28.7 Å². The Morgan fingerprint density at radius 2 is 1.25 bits per heavy atom. The van der Waals surface area contributed by atoms with E-state index in [1.54, 1.807) is 66.7 Å². The molecule has 3 aromatic carbocycles. The zero-order valence-corrected chi connectivity index (χ0v) is 22.8. The first kappa shape index (κ1) is 28.6. The maximum atomic E-state index is 15.0. The number of nitrogens with zero attached hydrogens (tertiary/aromatic N) is 3. The normalized spacial score (nSPS) is 19.4. The first-order chi connectivity index (χ1) is 21.4.